The third-order valence-electron chi connectivity index (χ3n) is 2.80. The first kappa shape index (κ1) is 15.1. The maximum absolute atomic E-state index is 13.6. The van der Waals surface area contributed by atoms with Crippen LogP contribution in [0.5, 0.6) is 5.75 Å². The van der Waals surface area contributed by atoms with Crippen LogP contribution < -0.4 is 15.9 Å². The molecule has 2 heterocycles. The highest BCUT2D eigenvalue weighted by Crippen LogP contribution is 2.27. The van der Waals surface area contributed by atoms with Crippen molar-refractivity contribution < 1.29 is 23.6 Å². The first-order valence-electron chi connectivity index (χ1n) is 5.97. The summed E-state index contributed by atoms with van der Waals surface area (Å²) in [6, 6.07) is 1.24. The van der Waals surface area contributed by atoms with Crippen LogP contribution in [0.2, 0.25) is 0 Å². The Morgan fingerprint density at radius 3 is 2.43 bits per heavy atom. The van der Waals surface area contributed by atoms with Gasteiger partial charge in [-0.15, -0.1) is 0 Å². The fourth-order valence-electron chi connectivity index (χ4n) is 1.76. The van der Waals surface area contributed by atoms with Gasteiger partial charge >= 0.3 is 7.12 Å². The van der Waals surface area contributed by atoms with E-state index in [0.29, 0.717) is 0 Å². The number of nitrogens with two attached hydrogens (primary N) is 1. The fourth-order valence-corrected chi connectivity index (χ4v) is 1.76. The first-order valence-corrected chi connectivity index (χ1v) is 5.97. The maximum atomic E-state index is 13.6. The van der Waals surface area contributed by atoms with E-state index in [1.807, 2.05) is 0 Å². The van der Waals surface area contributed by atoms with Crippen molar-refractivity contribution >= 4 is 18.4 Å². The second-order valence-electron chi connectivity index (χ2n) is 4.30. The van der Waals surface area contributed by atoms with E-state index in [2.05, 4.69) is 9.97 Å². The molecular weight excluding hydrogens is 283 g/mol. The van der Waals surface area contributed by atoms with Crippen molar-refractivity contribution in [3.8, 4) is 5.75 Å². The Morgan fingerprint density at radius 1 is 1.24 bits per heavy atom. The largest absolute Gasteiger partial charge is 0.490 e. The Morgan fingerprint density at radius 2 is 1.86 bits per heavy atom. The minimum atomic E-state index is -1.76. The Labute approximate surface area is 119 Å². The molecule has 2 rings (SSSR count). The maximum Gasteiger partial charge on any atom is 0.490 e. The second kappa shape index (κ2) is 6.02. The summed E-state index contributed by atoms with van der Waals surface area (Å²) in [7, 11) is -1.76. The van der Waals surface area contributed by atoms with Gasteiger partial charge in [0.05, 0.1) is 18.0 Å². The van der Waals surface area contributed by atoms with Gasteiger partial charge in [0.1, 0.15) is 6.10 Å². The van der Waals surface area contributed by atoms with E-state index in [9.17, 15) is 8.78 Å². The Kier molecular flexibility index (Phi) is 4.34. The summed E-state index contributed by atoms with van der Waals surface area (Å²) in [6.07, 6.45) is 1.88. The third-order valence-corrected chi connectivity index (χ3v) is 2.80. The SMILES string of the molecule is CC(Oc1cc(B(O)O)cnc1N)c1c(F)cncc1F. The molecule has 2 aromatic rings. The molecule has 0 saturated heterocycles. The second-order valence-corrected chi connectivity index (χ2v) is 4.30. The quantitative estimate of drug-likeness (QED) is 0.694. The smallest absolute Gasteiger partial charge is 0.482 e. The van der Waals surface area contributed by atoms with Crippen molar-refractivity contribution in [1.82, 2.24) is 9.97 Å². The Bertz CT molecular complexity index is 637. The molecule has 6 nitrogen and oxygen atoms in total. The van der Waals surface area contributed by atoms with E-state index >= 15 is 0 Å². The number of nitrogens with zero attached hydrogens (tertiary/aromatic N) is 2. The molecule has 1 atom stereocenters. The molecule has 0 radical (unpaired) electrons. The lowest BCUT2D eigenvalue weighted by molar-refractivity contribution is 0.215. The van der Waals surface area contributed by atoms with Crippen LogP contribution in [0.1, 0.15) is 18.6 Å². The molecule has 0 aliphatic rings. The molecule has 110 valence electrons. The van der Waals surface area contributed by atoms with Crippen molar-refractivity contribution in [2.45, 2.75) is 13.0 Å². The summed E-state index contributed by atoms with van der Waals surface area (Å²) in [5, 5.41) is 18.1. The van der Waals surface area contributed by atoms with E-state index < -0.39 is 24.9 Å². The average Bonchev–Trinajstić information content (AvgIpc) is 2.40. The Balaban J connectivity index is 2.31. The zero-order valence-electron chi connectivity index (χ0n) is 11.0. The van der Waals surface area contributed by atoms with Crippen LogP contribution in [0.25, 0.3) is 0 Å². The molecular formula is C12H12BF2N3O3. The lowest BCUT2D eigenvalue weighted by Gasteiger charge is -2.17. The molecule has 9 heteroatoms. The van der Waals surface area contributed by atoms with Gasteiger partial charge < -0.3 is 20.5 Å². The van der Waals surface area contributed by atoms with Crippen LogP contribution in [0.3, 0.4) is 0 Å². The van der Waals surface area contributed by atoms with E-state index in [-0.39, 0.29) is 22.6 Å². The van der Waals surface area contributed by atoms with Gasteiger partial charge in [0.15, 0.2) is 23.2 Å². The molecule has 0 saturated carbocycles. The Hall–Kier alpha value is -2.26. The summed E-state index contributed by atoms with van der Waals surface area (Å²) in [6.45, 7) is 1.42. The third kappa shape index (κ3) is 3.26. The van der Waals surface area contributed by atoms with Gasteiger partial charge in [-0.1, -0.05) is 0 Å². The highest BCUT2D eigenvalue weighted by Gasteiger charge is 2.21. The minimum absolute atomic E-state index is 0.0105. The molecule has 2 aromatic heterocycles. The number of hydrogen-bond acceptors (Lipinski definition) is 6. The zero-order chi connectivity index (χ0) is 15.6. The van der Waals surface area contributed by atoms with Gasteiger partial charge in [-0.3, -0.25) is 4.98 Å². The number of nitrogen functional groups attached to an aromatic ring is 1. The summed E-state index contributed by atoms with van der Waals surface area (Å²) < 4.78 is 32.6. The van der Waals surface area contributed by atoms with E-state index in [4.69, 9.17) is 20.5 Å². The first-order chi connectivity index (χ1) is 9.90. The summed E-state index contributed by atoms with van der Waals surface area (Å²) in [4.78, 5) is 7.10. The van der Waals surface area contributed by atoms with Crippen LogP contribution >= 0.6 is 0 Å². The molecule has 0 fully saturated rings. The fraction of sp³-hybridized carbons (Fsp3) is 0.167. The minimum Gasteiger partial charge on any atom is -0.482 e. The molecule has 0 aliphatic heterocycles. The highest BCUT2D eigenvalue weighted by molar-refractivity contribution is 6.58. The van der Waals surface area contributed by atoms with Crippen LogP contribution in [0, 0.1) is 11.6 Å². The summed E-state index contributed by atoms with van der Waals surface area (Å²) >= 11 is 0. The van der Waals surface area contributed by atoms with E-state index in [0.717, 1.165) is 18.6 Å². The normalized spacial score (nSPS) is 12.0. The number of halogens is 2. The topological polar surface area (TPSA) is 101 Å². The van der Waals surface area contributed by atoms with Crippen molar-refractivity contribution in [2.75, 3.05) is 5.73 Å². The number of pyridine rings is 2. The molecule has 0 spiro atoms. The number of anilines is 1. The number of aromatic nitrogens is 2. The van der Waals surface area contributed by atoms with Crippen LogP contribution in [0.15, 0.2) is 24.7 Å². The van der Waals surface area contributed by atoms with Gasteiger partial charge in [-0.2, -0.15) is 0 Å². The van der Waals surface area contributed by atoms with Crippen molar-refractivity contribution in [2.24, 2.45) is 0 Å². The van der Waals surface area contributed by atoms with Gasteiger partial charge in [0, 0.05) is 11.7 Å². The molecule has 0 bridgehead atoms. The molecule has 0 aromatic carbocycles. The number of rotatable bonds is 4. The van der Waals surface area contributed by atoms with E-state index in [1.165, 1.54) is 13.0 Å². The average molecular weight is 295 g/mol. The van der Waals surface area contributed by atoms with Gasteiger partial charge in [0.25, 0.3) is 0 Å². The number of hydrogen-bond donors (Lipinski definition) is 3. The monoisotopic (exact) mass is 295 g/mol. The van der Waals surface area contributed by atoms with Gasteiger partial charge in [-0.05, 0) is 13.0 Å². The predicted molar refractivity (Wildman–Crippen MR) is 71.7 cm³/mol. The number of ether oxygens (including phenoxy) is 1. The van der Waals surface area contributed by atoms with E-state index in [1.54, 1.807) is 0 Å². The molecule has 21 heavy (non-hydrogen) atoms. The van der Waals surface area contributed by atoms with Crippen molar-refractivity contribution in [3.63, 3.8) is 0 Å². The molecule has 1 unspecified atom stereocenters. The highest BCUT2D eigenvalue weighted by atomic mass is 19.1. The van der Waals surface area contributed by atoms with Crippen LogP contribution in [0.4, 0.5) is 14.6 Å². The van der Waals surface area contributed by atoms with Gasteiger partial charge in [-0.25, -0.2) is 13.8 Å². The van der Waals surface area contributed by atoms with Crippen LogP contribution in [-0.4, -0.2) is 27.1 Å². The molecule has 0 aliphatic carbocycles. The standard InChI is InChI=1S/C12H12BF2N3O3/c1-6(11-8(14)4-17-5-9(11)15)21-10-2-7(13(19)20)3-18-12(10)16/h2-6,19-20H,1H3,(H2,16,18). The lowest BCUT2D eigenvalue weighted by atomic mass is 9.81. The predicted octanol–water partition coefficient (Wildman–Crippen LogP) is 0.157. The zero-order valence-corrected chi connectivity index (χ0v) is 11.0. The van der Waals surface area contributed by atoms with Gasteiger partial charge in [0.2, 0.25) is 0 Å². The lowest BCUT2D eigenvalue weighted by Crippen LogP contribution is -2.30. The molecule has 4 N–H and O–H groups in total. The van der Waals surface area contributed by atoms with Crippen molar-refractivity contribution in [1.29, 1.82) is 0 Å². The van der Waals surface area contributed by atoms with Crippen LogP contribution in [-0.2, 0) is 0 Å². The summed E-state index contributed by atoms with van der Waals surface area (Å²) in [5.74, 6) is -1.76. The van der Waals surface area contributed by atoms with Crippen molar-refractivity contribution in [3.05, 3.63) is 41.9 Å². The summed E-state index contributed by atoms with van der Waals surface area (Å²) in [5.41, 5.74) is 5.33. The molecule has 0 amide bonds.